The molecule has 0 aliphatic heterocycles. The van der Waals surface area contributed by atoms with Gasteiger partial charge in [0.15, 0.2) is 5.43 Å². The van der Waals surface area contributed by atoms with E-state index in [1.54, 1.807) is 24.5 Å². The minimum atomic E-state index is 0.0157. The fraction of sp³-hybridized carbons (Fsp3) is 0.364. The fourth-order valence-corrected chi connectivity index (χ4v) is 2.01. The zero-order valence-electron chi connectivity index (χ0n) is 9.59. The summed E-state index contributed by atoms with van der Waals surface area (Å²) in [7, 11) is 0. The Morgan fingerprint density at radius 1 is 1.41 bits per heavy atom. The lowest BCUT2D eigenvalue weighted by Gasteiger charge is -2.05. The Bertz CT molecular complexity index is 514. The van der Waals surface area contributed by atoms with E-state index in [1.165, 1.54) is 11.5 Å². The third-order valence-electron chi connectivity index (χ3n) is 2.28. The molecule has 0 aliphatic rings. The minimum Gasteiger partial charge on any atom is -0.374 e. The average molecular weight is 250 g/mol. The fourth-order valence-electron chi connectivity index (χ4n) is 1.41. The number of hydrogen-bond donors (Lipinski definition) is 1. The monoisotopic (exact) mass is 250 g/mol. The predicted octanol–water partition coefficient (Wildman–Crippen LogP) is 1.57. The van der Waals surface area contributed by atoms with Gasteiger partial charge in [0, 0.05) is 42.6 Å². The molecule has 0 atom stereocenters. The topological polar surface area (TPSA) is 59.8 Å². The molecular weight excluding hydrogens is 236 g/mol. The Labute approximate surface area is 103 Å². The van der Waals surface area contributed by atoms with Gasteiger partial charge in [-0.25, -0.2) is 0 Å². The number of pyridine rings is 1. The molecule has 0 amide bonds. The van der Waals surface area contributed by atoms with Crippen molar-refractivity contribution in [2.24, 2.45) is 0 Å². The summed E-state index contributed by atoms with van der Waals surface area (Å²) >= 11 is 1.36. The number of rotatable bonds is 5. The van der Waals surface area contributed by atoms with E-state index in [0.717, 1.165) is 23.7 Å². The van der Waals surface area contributed by atoms with Crippen molar-refractivity contribution in [3.05, 3.63) is 40.4 Å². The van der Waals surface area contributed by atoms with Crippen LogP contribution in [0, 0.1) is 0 Å². The Morgan fingerprint density at radius 2 is 2.18 bits per heavy atom. The van der Waals surface area contributed by atoms with Crippen molar-refractivity contribution in [3.8, 4) is 0 Å². The maximum atomic E-state index is 11.0. The molecule has 0 unspecified atom stereocenters. The molecule has 0 fully saturated rings. The highest BCUT2D eigenvalue weighted by Gasteiger charge is 2.06. The molecule has 0 aromatic carbocycles. The second kappa shape index (κ2) is 5.58. The summed E-state index contributed by atoms with van der Waals surface area (Å²) in [4.78, 5) is 11.0. The van der Waals surface area contributed by atoms with Gasteiger partial charge in [0.1, 0.15) is 10.7 Å². The van der Waals surface area contributed by atoms with E-state index in [9.17, 15) is 4.79 Å². The summed E-state index contributed by atoms with van der Waals surface area (Å²) in [5, 5.41) is 8.39. The van der Waals surface area contributed by atoms with Crippen LogP contribution >= 0.6 is 11.5 Å². The smallest absolute Gasteiger partial charge is 0.181 e. The van der Waals surface area contributed by atoms with Gasteiger partial charge in [-0.2, -0.15) is 0 Å². The number of anilines is 1. The molecule has 5 nitrogen and oxygen atoms in total. The van der Waals surface area contributed by atoms with Gasteiger partial charge in [0.05, 0.1) is 6.54 Å². The van der Waals surface area contributed by atoms with Crippen LogP contribution in [0.4, 0.5) is 5.00 Å². The zero-order valence-corrected chi connectivity index (χ0v) is 10.4. The molecule has 0 aliphatic carbocycles. The van der Waals surface area contributed by atoms with Gasteiger partial charge in [-0.05, 0) is 6.42 Å². The van der Waals surface area contributed by atoms with E-state index in [1.807, 2.05) is 4.57 Å². The van der Waals surface area contributed by atoms with Gasteiger partial charge >= 0.3 is 0 Å². The molecule has 2 heterocycles. The van der Waals surface area contributed by atoms with Crippen molar-refractivity contribution in [3.63, 3.8) is 0 Å². The van der Waals surface area contributed by atoms with Crippen molar-refractivity contribution in [1.82, 2.24) is 14.2 Å². The predicted molar refractivity (Wildman–Crippen MR) is 68.5 cm³/mol. The van der Waals surface area contributed by atoms with E-state index in [0.29, 0.717) is 6.54 Å². The van der Waals surface area contributed by atoms with E-state index in [-0.39, 0.29) is 5.43 Å². The van der Waals surface area contributed by atoms with Crippen LogP contribution < -0.4 is 10.7 Å². The van der Waals surface area contributed by atoms with Crippen molar-refractivity contribution in [2.75, 3.05) is 11.9 Å². The third kappa shape index (κ3) is 3.13. The van der Waals surface area contributed by atoms with E-state index < -0.39 is 0 Å². The first kappa shape index (κ1) is 11.8. The molecule has 0 saturated heterocycles. The maximum Gasteiger partial charge on any atom is 0.181 e. The molecule has 6 heteroatoms. The minimum absolute atomic E-state index is 0.0157. The van der Waals surface area contributed by atoms with Crippen LogP contribution in [0.1, 0.15) is 19.0 Å². The van der Waals surface area contributed by atoms with Gasteiger partial charge in [-0.15, -0.1) is 5.10 Å². The van der Waals surface area contributed by atoms with Gasteiger partial charge in [0.2, 0.25) is 0 Å². The molecule has 2 rings (SSSR count). The second-order valence-corrected chi connectivity index (χ2v) is 4.44. The van der Waals surface area contributed by atoms with Crippen LogP contribution in [0.2, 0.25) is 0 Å². The largest absolute Gasteiger partial charge is 0.374 e. The summed E-state index contributed by atoms with van der Waals surface area (Å²) in [5.41, 5.74) is 0.925. The van der Waals surface area contributed by atoms with Crippen LogP contribution in [0.3, 0.4) is 0 Å². The molecule has 90 valence electrons. The van der Waals surface area contributed by atoms with Crippen LogP contribution in [0.15, 0.2) is 29.3 Å². The summed E-state index contributed by atoms with van der Waals surface area (Å²) < 4.78 is 5.85. The Balaban J connectivity index is 2.10. The molecule has 0 saturated carbocycles. The molecule has 2 aromatic rings. The lowest BCUT2D eigenvalue weighted by molar-refractivity contribution is 0.760. The molecule has 2 aromatic heterocycles. The first-order chi connectivity index (χ1) is 8.29. The third-order valence-corrected chi connectivity index (χ3v) is 3.01. The number of nitrogens with zero attached hydrogens (tertiary/aromatic N) is 3. The standard InChI is InChI=1S/C11H14N4OS/c1-2-5-12-11-10(13-14-17-11)8-15-6-3-9(16)4-7-15/h3-4,6-7,12H,2,5,8H2,1H3. The van der Waals surface area contributed by atoms with Crippen LogP contribution in [0.25, 0.3) is 0 Å². The van der Waals surface area contributed by atoms with E-state index in [2.05, 4.69) is 21.8 Å². The second-order valence-electron chi connectivity index (χ2n) is 3.68. The van der Waals surface area contributed by atoms with Crippen molar-refractivity contribution in [1.29, 1.82) is 0 Å². The molecule has 1 N–H and O–H groups in total. The number of hydrogen-bond acceptors (Lipinski definition) is 5. The molecule has 17 heavy (non-hydrogen) atoms. The van der Waals surface area contributed by atoms with Crippen molar-refractivity contribution < 1.29 is 0 Å². The van der Waals surface area contributed by atoms with Gasteiger partial charge in [0.25, 0.3) is 0 Å². The molecule has 0 spiro atoms. The van der Waals surface area contributed by atoms with Crippen LogP contribution in [-0.2, 0) is 6.54 Å². The number of nitrogens with one attached hydrogen (secondary N) is 1. The molecular formula is C11H14N4OS. The maximum absolute atomic E-state index is 11.0. The summed E-state index contributed by atoms with van der Waals surface area (Å²) in [6.45, 7) is 3.66. The summed E-state index contributed by atoms with van der Waals surface area (Å²) in [5.74, 6) is 0. The zero-order chi connectivity index (χ0) is 12.1. The first-order valence-electron chi connectivity index (χ1n) is 5.51. The van der Waals surface area contributed by atoms with Crippen LogP contribution in [-0.4, -0.2) is 20.7 Å². The lowest BCUT2D eigenvalue weighted by Crippen LogP contribution is -2.07. The highest BCUT2D eigenvalue weighted by atomic mass is 32.1. The number of aromatic nitrogens is 3. The van der Waals surface area contributed by atoms with Crippen molar-refractivity contribution >= 4 is 16.5 Å². The van der Waals surface area contributed by atoms with Crippen LogP contribution in [0.5, 0.6) is 0 Å². The average Bonchev–Trinajstić information content (AvgIpc) is 2.77. The summed E-state index contributed by atoms with van der Waals surface area (Å²) in [6, 6.07) is 3.08. The Kier molecular flexibility index (Phi) is 3.87. The van der Waals surface area contributed by atoms with Gasteiger partial charge in [-0.1, -0.05) is 11.4 Å². The Hall–Kier alpha value is -1.69. The van der Waals surface area contributed by atoms with E-state index >= 15 is 0 Å². The lowest BCUT2D eigenvalue weighted by atomic mass is 10.4. The van der Waals surface area contributed by atoms with E-state index in [4.69, 9.17) is 0 Å². The van der Waals surface area contributed by atoms with Gasteiger partial charge in [-0.3, -0.25) is 4.79 Å². The highest BCUT2D eigenvalue weighted by molar-refractivity contribution is 7.10. The SMILES string of the molecule is CCCNc1snnc1Cn1ccc(=O)cc1. The first-order valence-corrected chi connectivity index (χ1v) is 6.28. The highest BCUT2D eigenvalue weighted by Crippen LogP contribution is 2.18. The summed E-state index contributed by atoms with van der Waals surface area (Å²) in [6.07, 6.45) is 4.58. The molecule has 0 radical (unpaired) electrons. The normalized spacial score (nSPS) is 10.4. The quantitative estimate of drug-likeness (QED) is 0.875. The van der Waals surface area contributed by atoms with Crippen molar-refractivity contribution in [2.45, 2.75) is 19.9 Å². The Morgan fingerprint density at radius 3 is 2.88 bits per heavy atom. The van der Waals surface area contributed by atoms with Gasteiger partial charge < -0.3 is 9.88 Å². The molecule has 0 bridgehead atoms.